The highest BCUT2D eigenvalue weighted by Crippen LogP contribution is 2.39. The molecule has 1 saturated heterocycles. The minimum atomic E-state index is -0.860. The van der Waals surface area contributed by atoms with Crippen LogP contribution in [0, 0.1) is 12.3 Å². The molecule has 7 nitrogen and oxygen atoms in total. The van der Waals surface area contributed by atoms with Crippen LogP contribution in [0.4, 0.5) is 5.69 Å². The van der Waals surface area contributed by atoms with E-state index in [1.165, 1.54) is 0 Å². The van der Waals surface area contributed by atoms with Gasteiger partial charge >= 0.3 is 5.97 Å². The van der Waals surface area contributed by atoms with Gasteiger partial charge in [0.15, 0.2) is 0 Å². The number of nitrogens with zero attached hydrogens (tertiary/aromatic N) is 3. The molecule has 1 aromatic carbocycles. The number of aryl methyl sites for hydroxylation is 1. The van der Waals surface area contributed by atoms with E-state index in [0.717, 1.165) is 59.7 Å². The van der Waals surface area contributed by atoms with Crippen molar-refractivity contribution in [2.45, 2.75) is 59.7 Å². The highest BCUT2D eigenvalue weighted by Gasteiger charge is 2.29. The van der Waals surface area contributed by atoms with Crippen molar-refractivity contribution in [2.75, 3.05) is 24.6 Å². The molecule has 37 heavy (non-hydrogen) atoms. The normalized spacial score (nSPS) is 15.8. The molecular formula is C30H37N3O4. The quantitative estimate of drug-likeness (QED) is 0.380. The third kappa shape index (κ3) is 7.07. The zero-order valence-corrected chi connectivity index (χ0v) is 22.2. The number of aliphatic carboxylic acids is 1. The lowest BCUT2D eigenvalue weighted by atomic mass is 9.82. The van der Waals surface area contributed by atoms with E-state index in [0.29, 0.717) is 19.0 Å². The smallest absolute Gasteiger partial charge is 0.307 e. The number of rotatable bonds is 10. The van der Waals surface area contributed by atoms with Gasteiger partial charge in [0.2, 0.25) is 0 Å². The van der Waals surface area contributed by atoms with Gasteiger partial charge in [0, 0.05) is 36.1 Å². The number of piperidine rings is 1. The summed E-state index contributed by atoms with van der Waals surface area (Å²) in [5.74, 6) is -0.201. The maximum atomic E-state index is 11.7. The number of ether oxygens (including phenoxy) is 2. The molecule has 196 valence electrons. The van der Waals surface area contributed by atoms with Gasteiger partial charge in [-0.3, -0.25) is 14.8 Å². The predicted octanol–water partition coefficient (Wildman–Crippen LogP) is 5.69. The molecule has 1 aliphatic rings. The summed E-state index contributed by atoms with van der Waals surface area (Å²) in [6.45, 7) is 11.2. The third-order valence-electron chi connectivity index (χ3n) is 6.94. The summed E-state index contributed by atoms with van der Waals surface area (Å²) in [5.41, 5.74) is 5.46. The summed E-state index contributed by atoms with van der Waals surface area (Å²) in [6.07, 6.45) is 5.42. The standard InChI is InChI=1S/C30H37N3O4/c1-21(19-36-20-23-8-6-5-7-9-23)37-24-10-11-27(32-17-24)26-18-31-22(2)25(16-28(34)35)29(26)33-14-12-30(3,4)13-15-33/h5-11,17-18,21H,12-16,19-20H2,1-4H3,(H,34,35). The fourth-order valence-corrected chi connectivity index (χ4v) is 4.67. The highest BCUT2D eigenvalue weighted by molar-refractivity contribution is 5.83. The lowest BCUT2D eigenvalue weighted by Crippen LogP contribution is -2.38. The second-order valence-electron chi connectivity index (χ2n) is 10.6. The number of anilines is 1. The molecule has 0 saturated carbocycles. The van der Waals surface area contributed by atoms with Crippen LogP contribution in [0.3, 0.4) is 0 Å². The van der Waals surface area contributed by atoms with Crippen molar-refractivity contribution in [1.29, 1.82) is 0 Å². The van der Waals surface area contributed by atoms with Crippen LogP contribution in [-0.2, 0) is 22.6 Å². The SMILES string of the molecule is Cc1ncc(-c2ccc(OC(C)COCc3ccccc3)cn2)c(N2CCC(C)(C)CC2)c1CC(=O)O. The molecule has 1 atom stereocenters. The minimum absolute atomic E-state index is 0.0659. The first-order chi connectivity index (χ1) is 17.7. The number of carboxylic acid groups (broad SMARTS) is 1. The summed E-state index contributed by atoms with van der Waals surface area (Å²) in [4.78, 5) is 23.3. The van der Waals surface area contributed by atoms with Crippen molar-refractivity contribution >= 4 is 11.7 Å². The molecule has 1 unspecified atom stereocenters. The number of carboxylic acids is 1. The Balaban J connectivity index is 1.50. The number of carbonyl (C=O) groups is 1. The van der Waals surface area contributed by atoms with E-state index in [4.69, 9.17) is 9.47 Å². The summed E-state index contributed by atoms with van der Waals surface area (Å²) in [6, 6.07) is 13.9. The monoisotopic (exact) mass is 503 g/mol. The van der Waals surface area contributed by atoms with Crippen molar-refractivity contribution < 1.29 is 19.4 Å². The fourth-order valence-electron chi connectivity index (χ4n) is 4.67. The molecule has 4 rings (SSSR count). The summed E-state index contributed by atoms with van der Waals surface area (Å²) in [7, 11) is 0. The van der Waals surface area contributed by atoms with Gasteiger partial charge in [0.25, 0.3) is 0 Å². The summed E-state index contributed by atoms with van der Waals surface area (Å²) < 4.78 is 11.8. The molecule has 2 aromatic heterocycles. The Morgan fingerprint density at radius 3 is 2.46 bits per heavy atom. The van der Waals surface area contributed by atoms with Crippen LogP contribution in [0.1, 0.15) is 50.4 Å². The van der Waals surface area contributed by atoms with Gasteiger partial charge in [-0.05, 0) is 49.8 Å². The van der Waals surface area contributed by atoms with E-state index in [2.05, 4.69) is 28.7 Å². The molecule has 0 amide bonds. The average Bonchev–Trinajstić information content (AvgIpc) is 2.86. The van der Waals surface area contributed by atoms with Gasteiger partial charge in [-0.15, -0.1) is 0 Å². The fraction of sp³-hybridized carbons (Fsp3) is 0.433. The van der Waals surface area contributed by atoms with E-state index in [-0.39, 0.29) is 17.9 Å². The van der Waals surface area contributed by atoms with Gasteiger partial charge in [-0.1, -0.05) is 44.2 Å². The van der Waals surface area contributed by atoms with Gasteiger partial charge in [0.1, 0.15) is 11.9 Å². The molecule has 3 heterocycles. The number of aromatic nitrogens is 2. The van der Waals surface area contributed by atoms with E-state index in [1.54, 1.807) is 6.20 Å². The Kier molecular flexibility index (Phi) is 8.44. The molecule has 0 bridgehead atoms. The number of pyridine rings is 2. The molecule has 3 aromatic rings. The Labute approximate surface area is 219 Å². The van der Waals surface area contributed by atoms with Gasteiger partial charge in [0.05, 0.1) is 37.2 Å². The molecule has 1 aliphatic heterocycles. The maximum absolute atomic E-state index is 11.7. The Bertz CT molecular complexity index is 1190. The first-order valence-corrected chi connectivity index (χ1v) is 12.9. The van der Waals surface area contributed by atoms with Crippen molar-refractivity contribution in [3.63, 3.8) is 0 Å². The Morgan fingerprint density at radius 1 is 1.08 bits per heavy atom. The molecule has 0 radical (unpaired) electrons. The van der Waals surface area contributed by atoms with Crippen LogP contribution in [0.25, 0.3) is 11.3 Å². The van der Waals surface area contributed by atoms with E-state index < -0.39 is 5.97 Å². The summed E-state index contributed by atoms with van der Waals surface area (Å²) >= 11 is 0. The number of hydrogen-bond donors (Lipinski definition) is 1. The predicted molar refractivity (Wildman–Crippen MR) is 145 cm³/mol. The van der Waals surface area contributed by atoms with E-state index >= 15 is 0 Å². The molecule has 1 N–H and O–H groups in total. The average molecular weight is 504 g/mol. The highest BCUT2D eigenvalue weighted by atomic mass is 16.5. The van der Waals surface area contributed by atoms with Crippen LogP contribution in [0.5, 0.6) is 5.75 Å². The molecule has 1 fully saturated rings. The zero-order chi connectivity index (χ0) is 26.4. The second kappa shape index (κ2) is 11.7. The van der Waals surface area contributed by atoms with Crippen LogP contribution >= 0.6 is 0 Å². The minimum Gasteiger partial charge on any atom is -0.487 e. The third-order valence-corrected chi connectivity index (χ3v) is 6.94. The Hall–Kier alpha value is -3.45. The van der Waals surface area contributed by atoms with Crippen LogP contribution in [0.15, 0.2) is 54.9 Å². The van der Waals surface area contributed by atoms with E-state index in [9.17, 15) is 9.90 Å². The van der Waals surface area contributed by atoms with Crippen molar-refractivity contribution in [3.05, 3.63) is 71.7 Å². The first kappa shape index (κ1) is 26.6. The Morgan fingerprint density at radius 2 is 1.81 bits per heavy atom. The van der Waals surface area contributed by atoms with Crippen molar-refractivity contribution in [2.24, 2.45) is 5.41 Å². The van der Waals surface area contributed by atoms with Gasteiger partial charge in [-0.25, -0.2) is 0 Å². The molecular weight excluding hydrogens is 466 g/mol. The van der Waals surface area contributed by atoms with Crippen LogP contribution < -0.4 is 9.64 Å². The lowest BCUT2D eigenvalue weighted by molar-refractivity contribution is -0.136. The van der Waals surface area contributed by atoms with Gasteiger partial charge in [-0.2, -0.15) is 0 Å². The number of benzene rings is 1. The summed E-state index contributed by atoms with van der Waals surface area (Å²) in [5, 5.41) is 9.62. The number of hydrogen-bond acceptors (Lipinski definition) is 6. The first-order valence-electron chi connectivity index (χ1n) is 12.9. The molecule has 0 aliphatic carbocycles. The van der Waals surface area contributed by atoms with Crippen LogP contribution in [-0.4, -0.2) is 46.8 Å². The van der Waals surface area contributed by atoms with Crippen LogP contribution in [0.2, 0.25) is 0 Å². The molecule has 0 spiro atoms. The molecule has 7 heteroatoms. The van der Waals surface area contributed by atoms with E-state index in [1.807, 2.05) is 62.5 Å². The van der Waals surface area contributed by atoms with Crippen molar-refractivity contribution in [3.8, 4) is 17.0 Å². The maximum Gasteiger partial charge on any atom is 0.307 e. The zero-order valence-electron chi connectivity index (χ0n) is 22.2. The van der Waals surface area contributed by atoms with Crippen molar-refractivity contribution in [1.82, 2.24) is 9.97 Å². The topological polar surface area (TPSA) is 84.8 Å². The second-order valence-corrected chi connectivity index (χ2v) is 10.6. The largest absolute Gasteiger partial charge is 0.487 e. The lowest BCUT2D eigenvalue weighted by Gasteiger charge is -2.40. The van der Waals surface area contributed by atoms with Gasteiger partial charge < -0.3 is 19.5 Å².